The molecule has 1 N–H and O–H groups in total. The number of nitrogens with zero attached hydrogens (tertiary/aromatic N) is 1. The van der Waals surface area contributed by atoms with Crippen LogP contribution >= 0.6 is 11.6 Å². The molecule has 0 bridgehead atoms. The van der Waals surface area contributed by atoms with Crippen LogP contribution in [0, 0.1) is 0 Å². The summed E-state index contributed by atoms with van der Waals surface area (Å²) >= 11 is 6.08. The Kier molecular flexibility index (Phi) is 6.67. The zero-order chi connectivity index (χ0) is 22.6. The Labute approximate surface area is 188 Å². The Morgan fingerprint density at radius 2 is 1.78 bits per heavy atom. The van der Waals surface area contributed by atoms with E-state index in [0.717, 1.165) is 23.3 Å². The first-order valence-electron chi connectivity index (χ1n) is 9.99. The molecule has 0 fully saturated rings. The standard InChI is InChI=1S/C24H20ClF3N2O2/c25-20-3-1-2-4-22(20)31-12-11-30-23-15-29-14-18-13-17(7-10-21(18)32-23)16-5-8-19(9-6-16)24(26,27)28/h1-10,13-14,23,30H,11-12,15H2. The fourth-order valence-corrected chi connectivity index (χ4v) is 3.46. The summed E-state index contributed by atoms with van der Waals surface area (Å²) in [6.07, 6.45) is -2.97. The van der Waals surface area contributed by atoms with E-state index in [-0.39, 0.29) is 6.23 Å². The van der Waals surface area contributed by atoms with E-state index >= 15 is 0 Å². The van der Waals surface area contributed by atoms with Crippen LogP contribution in [-0.4, -0.2) is 32.1 Å². The second-order valence-electron chi connectivity index (χ2n) is 7.16. The summed E-state index contributed by atoms with van der Waals surface area (Å²) in [6, 6.07) is 17.8. The van der Waals surface area contributed by atoms with Gasteiger partial charge in [0, 0.05) is 18.3 Å². The number of halogens is 4. The van der Waals surface area contributed by atoms with Crippen molar-refractivity contribution in [3.8, 4) is 22.6 Å². The predicted molar refractivity (Wildman–Crippen MR) is 119 cm³/mol. The molecule has 8 heteroatoms. The first-order valence-corrected chi connectivity index (χ1v) is 10.4. The van der Waals surface area contributed by atoms with E-state index < -0.39 is 11.7 Å². The van der Waals surface area contributed by atoms with Gasteiger partial charge in [0.1, 0.15) is 18.1 Å². The topological polar surface area (TPSA) is 42.9 Å². The van der Waals surface area contributed by atoms with Gasteiger partial charge in [-0.15, -0.1) is 0 Å². The molecule has 1 heterocycles. The fraction of sp³-hybridized carbons (Fsp3) is 0.208. The fourth-order valence-electron chi connectivity index (χ4n) is 3.27. The van der Waals surface area contributed by atoms with E-state index in [1.807, 2.05) is 24.3 Å². The third kappa shape index (κ3) is 5.41. The van der Waals surface area contributed by atoms with Gasteiger partial charge in [0.05, 0.1) is 17.1 Å². The lowest BCUT2D eigenvalue weighted by Crippen LogP contribution is -2.39. The lowest BCUT2D eigenvalue weighted by molar-refractivity contribution is -0.137. The van der Waals surface area contributed by atoms with Crippen molar-refractivity contribution in [1.82, 2.24) is 5.32 Å². The lowest BCUT2D eigenvalue weighted by Gasteiger charge is -2.19. The summed E-state index contributed by atoms with van der Waals surface area (Å²) in [5, 5.41) is 3.80. The highest BCUT2D eigenvalue weighted by atomic mass is 35.5. The highest BCUT2D eigenvalue weighted by molar-refractivity contribution is 6.32. The number of benzene rings is 3. The largest absolute Gasteiger partial charge is 0.491 e. The number of aliphatic imine (C=N–C) groups is 1. The molecule has 4 rings (SSSR count). The Balaban J connectivity index is 1.37. The van der Waals surface area contributed by atoms with Crippen molar-refractivity contribution in [2.75, 3.05) is 19.7 Å². The summed E-state index contributed by atoms with van der Waals surface area (Å²) in [4.78, 5) is 4.40. The van der Waals surface area contributed by atoms with E-state index in [2.05, 4.69) is 10.3 Å². The van der Waals surface area contributed by atoms with E-state index in [9.17, 15) is 13.2 Å². The van der Waals surface area contributed by atoms with Gasteiger partial charge in [0.15, 0.2) is 6.23 Å². The molecule has 1 aliphatic rings. The molecule has 1 atom stereocenters. The van der Waals surface area contributed by atoms with Gasteiger partial charge in [-0.1, -0.05) is 41.9 Å². The molecule has 32 heavy (non-hydrogen) atoms. The monoisotopic (exact) mass is 460 g/mol. The molecule has 0 aliphatic carbocycles. The summed E-state index contributed by atoms with van der Waals surface area (Å²) in [7, 11) is 0. The molecule has 1 aliphatic heterocycles. The van der Waals surface area contributed by atoms with Gasteiger partial charge in [-0.25, -0.2) is 0 Å². The second kappa shape index (κ2) is 9.63. The molecule has 0 radical (unpaired) electrons. The van der Waals surface area contributed by atoms with Crippen molar-refractivity contribution in [1.29, 1.82) is 0 Å². The van der Waals surface area contributed by atoms with Gasteiger partial charge >= 0.3 is 6.18 Å². The Morgan fingerprint density at radius 1 is 1.03 bits per heavy atom. The summed E-state index contributed by atoms with van der Waals surface area (Å²) < 4.78 is 50.1. The molecule has 1 unspecified atom stereocenters. The molecule has 0 aromatic heterocycles. The van der Waals surface area contributed by atoms with Crippen LogP contribution < -0.4 is 14.8 Å². The predicted octanol–water partition coefficient (Wildman–Crippen LogP) is 5.83. The lowest BCUT2D eigenvalue weighted by atomic mass is 10.0. The maximum atomic E-state index is 12.8. The molecule has 0 spiro atoms. The van der Waals surface area contributed by atoms with Gasteiger partial charge in [0.25, 0.3) is 0 Å². The van der Waals surface area contributed by atoms with Crippen LogP contribution in [0.15, 0.2) is 71.7 Å². The zero-order valence-corrected chi connectivity index (χ0v) is 17.7. The number of rotatable bonds is 6. The molecular formula is C24H20ClF3N2O2. The van der Waals surface area contributed by atoms with Crippen molar-refractivity contribution >= 4 is 17.8 Å². The minimum atomic E-state index is -4.35. The molecule has 0 saturated heterocycles. The summed E-state index contributed by atoms with van der Waals surface area (Å²) in [5.74, 6) is 1.27. The molecule has 4 nitrogen and oxygen atoms in total. The zero-order valence-electron chi connectivity index (χ0n) is 16.9. The van der Waals surface area contributed by atoms with Crippen LogP contribution in [0.3, 0.4) is 0 Å². The Hall–Kier alpha value is -3.03. The SMILES string of the molecule is FC(F)(F)c1ccc(-c2ccc3c(c2)C=NCC(NCCOc2ccccc2Cl)O3)cc1. The molecule has 0 saturated carbocycles. The van der Waals surface area contributed by atoms with Gasteiger partial charge in [-0.05, 0) is 47.5 Å². The third-order valence-corrected chi connectivity index (χ3v) is 5.21. The van der Waals surface area contributed by atoms with Gasteiger partial charge in [-0.3, -0.25) is 10.3 Å². The van der Waals surface area contributed by atoms with Crippen LogP contribution in [0.5, 0.6) is 11.5 Å². The maximum absolute atomic E-state index is 12.8. The highest BCUT2D eigenvalue weighted by Gasteiger charge is 2.30. The molecule has 0 amide bonds. The van der Waals surface area contributed by atoms with Gasteiger partial charge in [-0.2, -0.15) is 13.2 Å². The van der Waals surface area contributed by atoms with Crippen molar-refractivity contribution < 1.29 is 22.6 Å². The quantitative estimate of drug-likeness (QED) is 0.470. The molecule has 3 aromatic carbocycles. The van der Waals surface area contributed by atoms with E-state index in [0.29, 0.717) is 41.8 Å². The van der Waals surface area contributed by atoms with E-state index in [4.69, 9.17) is 21.1 Å². The number of para-hydroxylation sites is 1. The Bertz CT molecular complexity index is 1100. The number of hydrogen-bond donors (Lipinski definition) is 1. The first kappa shape index (κ1) is 22.2. The average molecular weight is 461 g/mol. The number of alkyl halides is 3. The highest BCUT2D eigenvalue weighted by Crippen LogP contribution is 2.32. The maximum Gasteiger partial charge on any atom is 0.416 e. The van der Waals surface area contributed by atoms with Crippen molar-refractivity contribution in [3.63, 3.8) is 0 Å². The third-order valence-electron chi connectivity index (χ3n) is 4.89. The minimum absolute atomic E-state index is 0.334. The van der Waals surface area contributed by atoms with E-state index in [1.54, 1.807) is 24.4 Å². The van der Waals surface area contributed by atoms with E-state index in [1.165, 1.54) is 12.1 Å². The normalized spacial score (nSPS) is 15.6. The van der Waals surface area contributed by atoms with Crippen molar-refractivity contribution in [2.24, 2.45) is 4.99 Å². The molecular weight excluding hydrogens is 441 g/mol. The second-order valence-corrected chi connectivity index (χ2v) is 7.57. The van der Waals surface area contributed by atoms with Crippen molar-refractivity contribution in [3.05, 3.63) is 82.9 Å². The molecule has 3 aromatic rings. The smallest absolute Gasteiger partial charge is 0.416 e. The van der Waals surface area contributed by atoms with Crippen molar-refractivity contribution in [2.45, 2.75) is 12.4 Å². The first-order chi connectivity index (χ1) is 15.4. The Morgan fingerprint density at radius 3 is 2.53 bits per heavy atom. The number of hydrogen-bond acceptors (Lipinski definition) is 4. The number of nitrogens with one attached hydrogen (secondary N) is 1. The van der Waals surface area contributed by atoms with Crippen LogP contribution in [0.1, 0.15) is 11.1 Å². The van der Waals surface area contributed by atoms with Crippen LogP contribution in [0.4, 0.5) is 13.2 Å². The number of fused-ring (bicyclic) bond motifs is 1. The molecule has 166 valence electrons. The van der Waals surface area contributed by atoms with Crippen LogP contribution in [-0.2, 0) is 6.18 Å². The summed E-state index contributed by atoms with van der Waals surface area (Å²) in [6.45, 7) is 1.35. The van der Waals surface area contributed by atoms with Crippen LogP contribution in [0.25, 0.3) is 11.1 Å². The van der Waals surface area contributed by atoms with Gasteiger partial charge in [0.2, 0.25) is 0 Å². The van der Waals surface area contributed by atoms with Gasteiger partial charge < -0.3 is 9.47 Å². The summed E-state index contributed by atoms with van der Waals surface area (Å²) in [5.41, 5.74) is 1.56. The van der Waals surface area contributed by atoms with Crippen LogP contribution in [0.2, 0.25) is 5.02 Å². The minimum Gasteiger partial charge on any atom is -0.491 e. The number of ether oxygens (including phenoxy) is 2. The average Bonchev–Trinajstić information content (AvgIpc) is 2.98.